The van der Waals surface area contributed by atoms with E-state index >= 15 is 0 Å². The molecule has 106 valence electrons. The van der Waals surface area contributed by atoms with Crippen molar-refractivity contribution < 1.29 is 13.2 Å². The van der Waals surface area contributed by atoms with Crippen LogP contribution < -0.4 is 15.8 Å². The maximum absolute atomic E-state index is 11.9. The standard InChI is InChI=1S/C12H19N3O3S/c1-8(2)11(13)12(16)15-9-6-4-5-7-10(9)19(17,18)14-3/h4-8,11,14H,13H2,1-3H3,(H,15,16)/t11-/m0/s1. The van der Waals surface area contributed by atoms with Crippen LogP contribution in [0.15, 0.2) is 29.2 Å². The number of para-hydroxylation sites is 1. The fourth-order valence-electron chi connectivity index (χ4n) is 1.43. The van der Waals surface area contributed by atoms with E-state index in [4.69, 9.17) is 5.73 Å². The molecule has 0 saturated carbocycles. The van der Waals surface area contributed by atoms with Crippen LogP contribution in [0.5, 0.6) is 0 Å². The smallest absolute Gasteiger partial charge is 0.242 e. The second-order valence-electron chi connectivity index (χ2n) is 4.46. The molecule has 0 heterocycles. The SMILES string of the molecule is CNS(=O)(=O)c1ccccc1NC(=O)[C@@H](N)C(C)C. The fraction of sp³-hybridized carbons (Fsp3) is 0.417. The Hall–Kier alpha value is -1.44. The summed E-state index contributed by atoms with van der Waals surface area (Å²) in [7, 11) is -2.31. The van der Waals surface area contributed by atoms with Crippen molar-refractivity contribution in [1.82, 2.24) is 4.72 Å². The molecule has 0 bridgehead atoms. The predicted molar refractivity (Wildman–Crippen MR) is 74.1 cm³/mol. The molecule has 4 N–H and O–H groups in total. The zero-order valence-corrected chi connectivity index (χ0v) is 12.0. The van der Waals surface area contributed by atoms with Crippen LogP contribution in [-0.2, 0) is 14.8 Å². The first-order chi connectivity index (χ1) is 8.79. The summed E-state index contributed by atoms with van der Waals surface area (Å²) in [5.74, 6) is -0.443. The molecule has 0 aliphatic carbocycles. The molecule has 0 saturated heterocycles. The molecule has 1 amide bonds. The molecule has 1 atom stereocenters. The summed E-state index contributed by atoms with van der Waals surface area (Å²) >= 11 is 0. The van der Waals surface area contributed by atoms with E-state index in [2.05, 4.69) is 10.0 Å². The van der Waals surface area contributed by atoms with Gasteiger partial charge in [0.15, 0.2) is 0 Å². The second-order valence-corrected chi connectivity index (χ2v) is 6.32. The van der Waals surface area contributed by atoms with E-state index in [9.17, 15) is 13.2 Å². The van der Waals surface area contributed by atoms with Gasteiger partial charge in [0.2, 0.25) is 15.9 Å². The van der Waals surface area contributed by atoms with Crippen molar-refractivity contribution in [3.63, 3.8) is 0 Å². The maximum Gasteiger partial charge on any atom is 0.242 e. The Balaban J connectivity index is 3.07. The Morgan fingerprint density at radius 3 is 2.37 bits per heavy atom. The van der Waals surface area contributed by atoms with E-state index in [1.54, 1.807) is 12.1 Å². The minimum absolute atomic E-state index is 0.0156. The van der Waals surface area contributed by atoms with Gasteiger partial charge in [-0.2, -0.15) is 0 Å². The molecule has 1 aromatic carbocycles. The van der Waals surface area contributed by atoms with Crippen molar-refractivity contribution >= 4 is 21.6 Å². The molecule has 0 radical (unpaired) electrons. The van der Waals surface area contributed by atoms with Crippen LogP contribution in [0.1, 0.15) is 13.8 Å². The van der Waals surface area contributed by atoms with Crippen molar-refractivity contribution in [2.75, 3.05) is 12.4 Å². The lowest BCUT2D eigenvalue weighted by atomic mass is 10.1. The lowest BCUT2D eigenvalue weighted by Crippen LogP contribution is -2.40. The zero-order chi connectivity index (χ0) is 14.6. The molecule has 19 heavy (non-hydrogen) atoms. The lowest BCUT2D eigenvalue weighted by molar-refractivity contribution is -0.118. The topological polar surface area (TPSA) is 101 Å². The van der Waals surface area contributed by atoms with Gasteiger partial charge >= 0.3 is 0 Å². The van der Waals surface area contributed by atoms with Gasteiger partial charge in [0.1, 0.15) is 4.90 Å². The molecule has 1 aromatic rings. The number of amides is 1. The third kappa shape index (κ3) is 3.76. The molecule has 0 aliphatic rings. The van der Waals surface area contributed by atoms with Gasteiger partial charge in [0.25, 0.3) is 0 Å². The van der Waals surface area contributed by atoms with Gasteiger partial charge < -0.3 is 11.1 Å². The molecule has 0 aliphatic heterocycles. The van der Waals surface area contributed by atoms with Crippen LogP contribution in [0.25, 0.3) is 0 Å². The van der Waals surface area contributed by atoms with Crippen LogP contribution >= 0.6 is 0 Å². The molecular weight excluding hydrogens is 266 g/mol. The van der Waals surface area contributed by atoms with E-state index in [-0.39, 0.29) is 16.5 Å². The highest BCUT2D eigenvalue weighted by Gasteiger charge is 2.21. The maximum atomic E-state index is 11.9. The first-order valence-corrected chi connectivity index (χ1v) is 7.37. The average Bonchev–Trinajstić information content (AvgIpc) is 2.38. The molecular formula is C12H19N3O3S. The summed E-state index contributed by atoms with van der Waals surface area (Å²) in [5.41, 5.74) is 5.94. The van der Waals surface area contributed by atoms with E-state index in [1.807, 2.05) is 13.8 Å². The van der Waals surface area contributed by atoms with Gasteiger partial charge in [-0.15, -0.1) is 0 Å². The van der Waals surface area contributed by atoms with Crippen LogP contribution in [-0.4, -0.2) is 27.4 Å². The normalized spacial score (nSPS) is 13.3. The lowest BCUT2D eigenvalue weighted by Gasteiger charge is -2.17. The summed E-state index contributed by atoms with van der Waals surface area (Å²) in [6.07, 6.45) is 0. The molecule has 7 heteroatoms. The predicted octanol–water partition coefficient (Wildman–Crippen LogP) is 0.516. The number of hydrogen-bond donors (Lipinski definition) is 3. The fourth-order valence-corrected chi connectivity index (χ4v) is 2.32. The highest BCUT2D eigenvalue weighted by molar-refractivity contribution is 7.89. The number of hydrogen-bond acceptors (Lipinski definition) is 4. The Bertz CT molecular complexity index is 555. The Kier molecular flexibility index (Phi) is 5.04. The van der Waals surface area contributed by atoms with E-state index in [0.717, 1.165) is 0 Å². The Morgan fingerprint density at radius 1 is 1.26 bits per heavy atom. The van der Waals surface area contributed by atoms with Crippen molar-refractivity contribution in [3.8, 4) is 0 Å². The molecule has 0 unspecified atom stereocenters. The number of carbonyl (C=O) groups excluding carboxylic acids is 1. The van der Waals surface area contributed by atoms with Crippen molar-refractivity contribution in [2.45, 2.75) is 24.8 Å². The second kappa shape index (κ2) is 6.14. The number of carbonyl (C=O) groups is 1. The number of nitrogens with two attached hydrogens (primary N) is 1. The number of nitrogens with one attached hydrogen (secondary N) is 2. The largest absolute Gasteiger partial charge is 0.324 e. The molecule has 6 nitrogen and oxygen atoms in total. The summed E-state index contributed by atoms with van der Waals surface area (Å²) in [5, 5.41) is 2.55. The summed E-state index contributed by atoms with van der Waals surface area (Å²) in [4.78, 5) is 11.9. The number of sulfonamides is 1. The van der Waals surface area contributed by atoms with Gasteiger partial charge in [-0.1, -0.05) is 26.0 Å². The van der Waals surface area contributed by atoms with Gasteiger partial charge in [-0.3, -0.25) is 4.79 Å². The third-order valence-electron chi connectivity index (χ3n) is 2.72. The van der Waals surface area contributed by atoms with Gasteiger partial charge in [0.05, 0.1) is 11.7 Å². The summed E-state index contributed by atoms with van der Waals surface area (Å²) in [6.45, 7) is 3.64. The van der Waals surface area contributed by atoms with Crippen LogP contribution in [0.4, 0.5) is 5.69 Å². The monoisotopic (exact) mass is 285 g/mol. The van der Waals surface area contributed by atoms with E-state index < -0.39 is 22.0 Å². The molecule has 0 aromatic heterocycles. The Morgan fingerprint density at radius 2 is 1.84 bits per heavy atom. The minimum atomic E-state index is -3.63. The van der Waals surface area contributed by atoms with Crippen molar-refractivity contribution in [3.05, 3.63) is 24.3 Å². The highest BCUT2D eigenvalue weighted by Crippen LogP contribution is 2.20. The van der Waals surface area contributed by atoms with E-state index in [0.29, 0.717) is 0 Å². The summed E-state index contributed by atoms with van der Waals surface area (Å²) < 4.78 is 25.8. The Labute approximate surface area is 113 Å². The third-order valence-corrected chi connectivity index (χ3v) is 4.20. The molecule has 0 fully saturated rings. The first-order valence-electron chi connectivity index (χ1n) is 5.88. The van der Waals surface area contributed by atoms with Crippen molar-refractivity contribution in [1.29, 1.82) is 0 Å². The van der Waals surface area contributed by atoms with Gasteiger partial charge in [0, 0.05) is 0 Å². The van der Waals surface area contributed by atoms with Crippen LogP contribution in [0.2, 0.25) is 0 Å². The van der Waals surface area contributed by atoms with Gasteiger partial charge in [-0.05, 0) is 25.1 Å². The number of rotatable bonds is 5. The number of anilines is 1. The summed E-state index contributed by atoms with van der Waals surface area (Å²) in [6, 6.07) is 5.48. The van der Waals surface area contributed by atoms with Gasteiger partial charge in [-0.25, -0.2) is 13.1 Å². The first kappa shape index (κ1) is 15.6. The van der Waals surface area contributed by atoms with Crippen molar-refractivity contribution in [2.24, 2.45) is 11.7 Å². The average molecular weight is 285 g/mol. The zero-order valence-electron chi connectivity index (χ0n) is 11.2. The highest BCUT2D eigenvalue weighted by atomic mass is 32.2. The van der Waals surface area contributed by atoms with E-state index in [1.165, 1.54) is 19.2 Å². The quantitative estimate of drug-likeness (QED) is 0.734. The van der Waals surface area contributed by atoms with Crippen LogP contribution in [0, 0.1) is 5.92 Å². The minimum Gasteiger partial charge on any atom is -0.324 e. The molecule has 0 spiro atoms. The number of benzene rings is 1. The van der Waals surface area contributed by atoms with Crippen LogP contribution in [0.3, 0.4) is 0 Å². The molecule has 1 rings (SSSR count).